The Morgan fingerprint density at radius 2 is 1.25 bits per heavy atom. The molecule has 0 rings (SSSR count). The number of rotatable bonds is 3. The Balaban J connectivity index is 3.13. The zero-order chi connectivity index (χ0) is 6.24. The molecule has 0 aliphatic heterocycles. The van der Waals surface area contributed by atoms with Crippen molar-refractivity contribution in [1.82, 2.24) is 11.0 Å². The molecule has 0 atom stereocenters. The summed E-state index contributed by atoms with van der Waals surface area (Å²) in [5, 5.41) is 15.8. The van der Waals surface area contributed by atoms with Crippen LogP contribution in [0, 0.1) is 0 Å². The number of nitrogens with one attached hydrogen (secondary N) is 2. The lowest BCUT2D eigenvalue weighted by molar-refractivity contribution is 0.213. The summed E-state index contributed by atoms with van der Waals surface area (Å²) in [5.74, 6) is 0. The first-order chi connectivity index (χ1) is 3.91. The van der Waals surface area contributed by atoms with Crippen LogP contribution in [-0.4, -0.2) is 10.4 Å². The first-order valence-corrected chi connectivity index (χ1v) is 2.02. The molecule has 0 unspecified atom stereocenters. The summed E-state index contributed by atoms with van der Waals surface area (Å²) in [6.07, 6.45) is 5.61. The van der Waals surface area contributed by atoms with Crippen molar-refractivity contribution in [3.05, 3.63) is 24.6 Å². The molecule has 4 heteroatoms. The highest BCUT2D eigenvalue weighted by atomic mass is 16.5. The van der Waals surface area contributed by atoms with Crippen LogP contribution in [0.25, 0.3) is 0 Å². The lowest BCUT2D eigenvalue weighted by atomic mass is 10.6. The van der Waals surface area contributed by atoms with Gasteiger partial charge < -0.3 is 0 Å². The van der Waals surface area contributed by atoms with E-state index in [4.69, 9.17) is 10.4 Å². The maximum absolute atomic E-state index is 7.91. The summed E-state index contributed by atoms with van der Waals surface area (Å²) < 4.78 is 0. The van der Waals surface area contributed by atoms with Gasteiger partial charge >= 0.3 is 0 Å². The molecule has 0 radical (unpaired) electrons. The van der Waals surface area contributed by atoms with E-state index in [1.165, 1.54) is 24.6 Å². The predicted octanol–water partition coefficient (Wildman–Crippen LogP) is -0.0286. The average Bonchev–Trinajstić information content (AvgIpc) is 1.81. The molecule has 0 aromatic rings. The van der Waals surface area contributed by atoms with Crippen LogP contribution in [-0.2, 0) is 0 Å². The SMILES string of the molecule is ONC=CC=CNO. The fourth-order valence-electron chi connectivity index (χ4n) is 0.197. The number of hydroxylamine groups is 2. The Kier molecular flexibility index (Phi) is 5.25. The zero-order valence-electron chi connectivity index (χ0n) is 4.20. The van der Waals surface area contributed by atoms with Gasteiger partial charge in [-0.05, 0) is 12.2 Å². The van der Waals surface area contributed by atoms with E-state index in [1.807, 2.05) is 0 Å². The molecular weight excluding hydrogens is 108 g/mol. The third kappa shape index (κ3) is 5.00. The lowest BCUT2D eigenvalue weighted by Crippen LogP contribution is -1.93. The van der Waals surface area contributed by atoms with Crippen LogP contribution in [0.4, 0.5) is 0 Å². The topological polar surface area (TPSA) is 64.5 Å². The van der Waals surface area contributed by atoms with Crippen LogP contribution < -0.4 is 11.0 Å². The van der Waals surface area contributed by atoms with Crippen molar-refractivity contribution in [2.45, 2.75) is 0 Å². The van der Waals surface area contributed by atoms with Gasteiger partial charge in [0.1, 0.15) is 0 Å². The van der Waals surface area contributed by atoms with Gasteiger partial charge in [-0.3, -0.25) is 21.4 Å². The van der Waals surface area contributed by atoms with Crippen molar-refractivity contribution < 1.29 is 10.4 Å². The number of allylic oxidation sites excluding steroid dienone is 2. The molecule has 8 heavy (non-hydrogen) atoms. The summed E-state index contributed by atoms with van der Waals surface area (Å²) in [6.45, 7) is 0. The Morgan fingerprint density at radius 3 is 1.50 bits per heavy atom. The second kappa shape index (κ2) is 6.00. The van der Waals surface area contributed by atoms with Crippen LogP contribution in [0.3, 0.4) is 0 Å². The molecule has 4 N–H and O–H groups in total. The first-order valence-electron chi connectivity index (χ1n) is 2.02. The van der Waals surface area contributed by atoms with Gasteiger partial charge in [0, 0.05) is 12.4 Å². The van der Waals surface area contributed by atoms with Crippen molar-refractivity contribution in [1.29, 1.82) is 0 Å². The van der Waals surface area contributed by atoms with Crippen molar-refractivity contribution in [2.75, 3.05) is 0 Å². The zero-order valence-corrected chi connectivity index (χ0v) is 4.20. The summed E-state index contributed by atoms with van der Waals surface area (Å²) in [6, 6.07) is 0. The lowest BCUT2D eigenvalue weighted by Gasteiger charge is -1.80. The van der Waals surface area contributed by atoms with Crippen molar-refractivity contribution >= 4 is 0 Å². The summed E-state index contributed by atoms with van der Waals surface area (Å²) >= 11 is 0. The molecule has 0 aliphatic rings. The van der Waals surface area contributed by atoms with E-state index in [1.54, 1.807) is 11.0 Å². The molecule has 0 spiro atoms. The predicted molar refractivity (Wildman–Crippen MR) is 28.1 cm³/mol. The van der Waals surface area contributed by atoms with Gasteiger partial charge in [-0.25, -0.2) is 0 Å². The van der Waals surface area contributed by atoms with E-state index >= 15 is 0 Å². The van der Waals surface area contributed by atoms with E-state index in [0.717, 1.165) is 0 Å². The maximum Gasteiger partial charge on any atom is 0.0240 e. The highest BCUT2D eigenvalue weighted by Crippen LogP contribution is 1.67. The van der Waals surface area contributed by atoms with Gasteiger partial charge in [0.15, 0.2) is 0 Å². The molecule has 4 nitrogen and oxygen atoms in total. The molecule has 0 fully saturated rings. The van der Waals surface area contributed by atoms with E-state index in [-0.39, 0.29) is 0 Å². The molecule has 0 saturated heterocycles. The van der Waals surface area contributed by atoms with Crippen molar-refractivity contribution in [3.63, 3.8) is 0 Å². The smallest absolute Gasteiger partial charge is 0.0240 e. The minimum absolute atomic E-state index is 1.30. The molecule has 0 aromatic carbocycles. The fraction of sp³-hybridized carbons (Fsp3) is 0. The molecule has 0 bridgehead atoms. The first kappa shape index (κ1) is 7.00. The molecule has 0 saturated carbocycles. The van der Waals surface area contributed by atoms with Crippen molar-refractivity contribution in [3.8, 4) is 0 Å². The van der Waals surface area contributed by atoms with Gasteiger partial charge in [-0.15, -0.1) is 0 Å². The second-order valence-corrected chi connectivity index (χ2v) is 0.976. The Bertz CT molecular complexity index is 78.0. The minimum Gasteiger partial charge on any atom is -0.292 e. The van der Waals surface area contributed by atoms with Crippen LogP contribution in [0.1, 0.15) is 0 Å². The molecule has 0 heterocycles. The van der Waals surface area contributed by atoms with Crippen LogP contribution >= 0.6 is 0 Å². The Hall–Kier alpha value is -1.00. The molecule has 0 aliphatic carbocycles. The van der Waals surface area contributed by atoms with Gasteiger partial charge in [0.25, 0.3) is 0 Å². The quantitative estimate of drug-likeness (QED) is 0.309. The summed E-state index contributed by atoms with van der Waals surface area (Å²) in [7, 11) is 0. The highest BCUT2D eigenvalue weighted by Gasteiger charge is 1.59. The van der Waals surface area contributed by atoms with Gasteiger partial charge in [-0.1, -0.05) is 0 Å². The van der Waals surface area contributed by atoms with Gasteiger partial charge in [0.05, 0.1) is 0 Å². The normalized spacial score (nSPS) is 10.8. The van der Waals surface area contributed by atoms with Gasteiger partial charge in [0.2, 0.25) is 0 Å². The van der Waals surface area contributed by atoms with Crippen molar-refractivity contribution in [2.24, 2.45) is 0 Å². The minimum atomic E-state index is 1.30. The molecule has 46 valence electrons. The van der Waals surface area contributed by atoms with Crippen LogP contribution in [0.15, 0.2) is 24.6 Å². The monoisotopic (exact) mass is 116 g/mol. The van der Waals surface area contributed by atoms with Gasteiger partial charge in [-0.2, -0.15) is 0 Å². The largest absolute Gasteiger partial charge is 0.292 e. The Labute approximate surface area is 47.1 Å². The number of hydrogen-bond donors (Lipinski definition) is 4. The molecular formula is C4H8N2O2. The summed E-state index contributed by atoms with van der Waals surface area (Å²) in [5.41, 5.74) is 3.57. The van der Waals surface area contributed by atoms with E-state index in [2.05, 4.69) is 0 Å². The molecule has 0 amide bonds. The third-order valence-electron chi connectivity index (χ3n) is 0.453. The standard InChI is InChI=1S/C4H8N2O2/c7-5-3-1-2-4-6-8/h1-8H. The van der Waals surface area contributed by atoms with E-state index in [0.29, 0.717) is 0 Å². The van der Waals surface area contributed by atoms with Crippen LogP contribution in [0.2, 0.25) is 0 Å². The highest BCUT2D eigenvalue weighted by molar-refractivity contribution is 4.98. The number of hydrogen-bond acceptors (Lipinski definition) is 4. The van der Waals surface area contributed by atoms with Crippen LogP contribution in [0.5, 0.6) is 0 Å². The molecule has 0 aromatic heterocycles. The fourth-order valence-corrected chi connectivity index (χ4v) is 0.197. The third-order valence-corrected chi connectivity index (χ3v) is 0.453. The summed E-state index contributed by atoms with van der Waals surface area (Å²) in [4.78, 5) is 0. The Morgan fingerprint density at radius 1 is 0.875 bits per heavy atom. The second-order valence-electron chi connectivity index (χ2n) is 0.976. The van der Waals surface area contributed by atoms with E-state index in [9.17, 15) is 0 Å². The maximum atomic E-state index is 7.91. The average molecular weight is 116 g/mol. The van der Waals surface area contributed by atoms with E-state index < -0.39 is 0 Å².